The highest BCUT2D eigenvalue weighted by Gasteiger charge is 2.35. The van der Waals surface area contributed by atoms with E-state index < -0.39 is 0 Å². The fraction of sp³-hybridized carbons (Fsp3) is 0.0448. The molecule has 0 N–H and O–H groups in total. The van der Waals surface area contributed by atoms with Gasteiger partial charge in [-0.2, -0.15) is 0 Å². The highest BCUT2D eigenvalue weighted by molar-refractivity contribution is 6.12. The minimum Gasteiger partial charge on any atom is -0.309 e. The van der Waals surface area contributed by atoms with Crippen molar-refractivity contribution in [3.05, 3.63) is 254 Å². The van der Waals surface area contributed by atoms with Crippen LogP contribution in [0.25, 0.3) is 121 Å². The summed E-state index contributed by atoms with van der Waals surface area (Å²) in [6.45, 7) is 4.73. The van der Waals surface area contributed by atoms with E-state index in [0.717, 1.165) is 5.69 Å². The van der Waals surface area contributed by atoms with Gasteiger partial charge in [-0.05, 0) is 150 Å². The van der Waals surface area contributed by atoms with Gasteiger partial charge < -0.3 is 9.13 Å². The van der Waals surface area contributed by atoms with Crippen molar-refractivity contribution in [1.82, 2.24) is 9.13 Å². The number of hydrogen-bond donors (Lipinski definition) is 0. The van der Waals surface area contributed by atoms with Crippen LogP contribution in [0.3, 0.4) is 0 Å². The molecule has 0 bridgehead atoms. The Morgan fingerprint density at radius 3 is 1.57 bits per heavy atom. The molecule has 2 aromatic heterocycles. The van der Waals surface area contributed by atoms with Crippen LogP contribution in [0.15, 0.2) is 243 Å². The number of benzene rings is 11. The van der Waals surface area contributed by atoms with E-state index in [9.17, 15) is 0 Å². The van der Waals surface area contributed by atoms with Crippen LogP contribution in [0, 0.1) is 0 Å². The van der Waals surface area contributed by atoms with Crippen LogP contribution in [-0.2, 0) is 5.41 Å². The lowest BCUT2D eigenvalue weighted by molar-refractivity contribution is 0.660. The van der Waals surface area contributed by atoms with Crippen molar-refractivity contribution in [1.29, 1.82) is 0 Å². The summed E-state index contributed by atoms with van der Waals surface area (Å²) in [4.78, 5) is 0. The molecule has 0 saturated carbocycles. The number of hydrogen-bond acceptors (Lipinski definition) is 0. The molecule has 13 aromatic rings. The molecule has 0 atom stereocenters. The van der Waals surface area contributed by atoms with E-state index in [0.29, 0.717) is 0 Å². The van der Waals surface area contributed by atoms with Crippen molar-refractivity contribution in [3.8, 4) is 67.0 Å². The summed E-state index contributed by atoms with van der Waals surface area (Å²) < 4.78 is 4.90. The highest BCUT2D eigenvalue weighted by Crippen LogP contribution is 2.50. The molecule has 1 aliphatic carbocycles. The topological polar surface area (TPSA) is 9.86 Å². The summed E-state index contributed by atoms with van der Waals surface area (Å²) in [5.41, 5.74) is 22.1. The molecule has 14 rings (SSSR count). The maximum Gasteiger partial charge on any atom is 0.0547 e. The van der Waals surface area contributed by atoms with Gasteiger partial charge in [0.25, 0.3) is 0 Å². The van der Waals surface area contributed by atoms with E-state index in [1.165, 1.54) is 127 Å². The Balaban J connectivity index is 0.909. The number of nitrogens with zero attached hydrogens (tertiary/aromatic N) is 2. The largest absolute Gasteiger partial charge is 0.309 e. The van der Waals surface area contributed by atoms with Crippen molar-refractivity contribution >= 4 is 54.4 Å². The molecule has 0 radical (unpaired) electrons. The van der Waals surface area contributed by atoms with Crippen LogP contribution in [-0.4, -0.2) is 9.13 Å². The van der Waals surface area contributed by atoms with Crippen LogP contribution in [0.5, 0.6) is 0 Å². The Hall–Kier alpha value is -8.72. The Bertz CT molecular complexity index is 4200. The first-order chi connectivity index (χ1) is 34.0. The van der Waals surface area contributed by atoms with E-state index in [2.05, 4.69) is 266 Å². The minimum absolute atomic E-state index is 0.0950. The van der Waals surface area contributed by atoms with Crippen molar-refractivity contribution < 1.29 is 0 Å². The third kappa shape index (κ3) is 6.12. The summed E-state index contributed by atoms with van der Waals surface area (Å²) in [5, 5.41) is 7.51. The fourth-order valence-electron chi connectivity index (χ4n) is 11.7. The lowest BCUT2D eigenvalue weighted by atomic mass is 9.82. The van der Waals surface area contributed by atoms with E-state index >= 15 is 0 Å². The Labute approximate surface area is 401 Å². The molecular weight excluding hydrogens is 833 g/mol. The molecule has 0 aliphatic heterocycles. The van der Waals surface area contributed by atoms with Gasteiger partial charge in [-0.1, -0.05) is 184 Å². The molecule has 0 unspecified atom stereocenters. The van der Waals surface area contributed by atoms with Gasteiger partial charge in [-0.25, -0.2) is 0 Å². The SMILES string of the molecule is CC1(C)c2ccccc2-c2ccc(-n3c4ccccc4c4ccc(-c5cc(-c6ccccc6)cc(-c6ccc7c(c6)c6ccccc6n7-c6ccc(-c7cccc8ccccc78)cc6)c5)cc43)cc21. The van der Waals surface area contributed by atoms with E-state index in [-0.39, 0.29) is 5.41 Å². The predicted octanol–water partition coefficient (Wildman–Crippen LogP) is 18.0. The monoisotopic (exact) mass is 878 g/mol. The summed E-state index contributed by atoms with van der Waals surface area (Å²) in [6, 6.07) is 90.0. The zero-order chi connectivity index (χ0) is 45.8. The van der Waals surface area contributed by atoms with Crippen LogP contribution >= 0.6 is 0 Å². The van der Waals surface area contributed by atoms with Crippen molar-refractivity contribution in [2.24, 2.45) is 0 Å². The Morgan fingerprint density at radius 2 is 0.783 bits per heavy atom. The maximum atomic E-state index is 2.48. The van der Waals surface area contributed by atoms with E-state index in [1.807, 2.05) is 0 Å². The second-order valence-electron chi connectivity index (χ2n) is 19.3. The maximum absolute atomic E-state index is 2.48. The second-order valence-corrected chi connectivity index (χ2v) is 19.3. The molecule has 1 aliphatic rings. The second kappa shape index (κ2) is 15.2. The van der Waals surface area contributed by atoms with Crippen molar-refractivity contribution in [2.75, 3.05) is 0 Å². The first-order valence-corrected chi connectivity index (χ1v) is 24.1. The lowest BCUT2D eigenvalue weighted by Crippen LogP contribution is -2.15. The summed E-state index contributed by atoms with van der Waals surface area (Å²) in [6.07, 6.45) is 0. The number of aromatic nitrogens is 2. The van der Waals surface area contributed by atoms with Crippen LogP contribution in [0.4, 0.5) is 0 Å². The molecule has 0 spiro atoms. The molecule has 324 valence electrons. The normalized spacial score (nSPS) is 12.9. The van der Waals surface area contributed by atoms with Crippen LogP contribution in [0.1, 0.15) is 25.0 Å². The summed E-state index contributed by atoms with van der Waals surface area (Å²) >= 11 is 0. The third-order valence-electron chi connectivity index (χ3n) is 15.1. The van der Waals surface area contributed by atoms with E-state index in [4.69, 9.17) is 0 Å². The molecule has 0 fully saturated rings. The van der Waals surface area contributed by atoms with Gasteiger partial charge in [-0.15, -0.1) is 0 Å². The molecular formula is C67H46N2. The van der Waals surface area contributed by atoms with Crippen LogP contribution < -0.4 is 0 Å². The Kier molecular flexibility index (Phi) is 8.66. The molecule has 69 heavy (non-hydrogen) atoms. The van der Waals surface area contributed by atoms with Gasteiger partial charge in [0.2, 0.25) is 0 Å². The number of fused-ring (bicyclic) bond motifs is 10. The number of para-hydroxylation sites is 2. The number of rotatable bonds is 6. The average molecular weight is 879 g/mol. The van der Waals surface area contributed by atoms with Gasteiger partial charge in [-0.3, -0.25) is 0 Å². The summed E-state index contributed by atoms with van der Waals surface area (Å²) in [7, 11) is 0. The molecule has 0 amide bonds. The van der Waals surface area contributed by atoms with Gasteiger partial charge in [0.05, 0.1) is 22.1 Å². The van der Waals surface area contributed by atoms with E-state index in [1.54, 1.807) is 0 Å². The predicted molar refractivity (Wildman–Crippen MR) is 292 cm³/mol. The Morgan fingerprint density at radius 1 is 0.261 bits per heavy atom. The molecule has 2 nitrogen and oxygen atoms in total. The molecule has 2 heteroatoms. The van der Waals surface area contributed by atoms with Gasteiger partial charge in [0, 0.05) is 38.3 Å². The van der Waals surface area contributed by atoms with Crippen molar-refractivity contribution in [3.63, 3.8) is 0 Å². The molecule has 2 heterocycles. The first kappa shape index (κ1) is 39.4. The first-order valence-electron chi connectivity index (χ1n) is 24.1. The summed E-state index contributed by atoms with van der Waals surface area (Å²) in [5.74, 6) is 0. The lowest BCUT2D eigenvalue weighted by Gasteiger charge is -2.22. The van der Waals surface area contributed by atoms with Crippen molar-refractivity contribution in [2.45, 2.75) is 19.3 Å². The standard InChI is InChI=1S/C67H46N2/c1-67(2)61-24-11-8-20-55(61)56-35-33-52(42-62(56)67)69-63-25-12-9-21-57(63)59-34-29-47(41-66(59)69)50-38-48(43-15-4-3-5-16-43)37-49(39-50)46-30-36-65-60(40-46)58-22-10-13-26-64(58)68(65)51-31-27-45(28-32-51)54-23-14-18-44-17-6-7-19-53(44)54/h3-42H,1-2H3. The molecule has 11 aromatic carbocycles. The average Bonchev–Trinajstić information content (AvgIpc) is 4.00. The van der Waals surface area contributed by atoms with Gasteiger partial charge in [0.15, 0.2) is 0 Å². The quantitative estimate of drug-likeness (QED) is 0.157. The van der Waals surface area contributed by atoms with Crippen LogP contribution in [0.2, 0.25) is 0 Å². The molecule has 0 saturated heterocycles. The van der Waals surface area contributed by atoms with Gasteiger partial charge >= 0.3 is 0 Å². The smallest absolute Gasteiger partial charge is 0.0547 e. The zero-order valence-corrected chi connectivity index (χ0v) is 38.5. The van der Waals surface area contributed by atoms with Gasteiger partial charge in [0.1, 0.15) is 0 Å². The minimum atomic E-state index is -0.0950. The highest BCUT2D eigenvalue weighted by atomic mass is 15.0. The fourth-order valence-corrected chi connectivity index (χ4v) is 11.7. The third-order valence-corrected chi connectivity index (χ3v) is 15.1. The zero-order valence-electron chi connectivity index (χ0n) is 38.5.